The molecule has 120 valence electrons. The third-order valence-corrected chi connectivity index (χ3v) is 3.02. The van der Waals surface area contributed by atoms with Crippen molar-refractivity contribution in [3.8, 4) is 5.75 Å². The van der Waals surface area contributed by atoms with E-state index in [0.29, 0.717) is 17.7 Å². The summed E-state index contributed by atoms with van der Waals surface area (Å²) in [6, 6.07) is 11.6. The van der Waals surface area contributed by atoms with Crippen LogP contribution in [-0.4, -0.2) is 18.2 Å². The molecule has 0 saturated heterocycles. The van der Waals surface area contributed by atoms with E-state index >= 15 is 0 Å². The Balaban J connectivity index is 1.93. The molecular formula is C17H16F2N2O2. The Hall–Kier alpha value is -2.76. The van der Waals surface area contributed by atoms with Gasteiger partial charge in [-0.2, -0.15) is 5.10 Å². The summed E-state index contributed by atoms with van der Waals surface area (Å²) in [5, 5.41) is 4.00. The van der Waals surface area contributed by atoms with E-state index in [0.717, 1.165) is 0 Å². The van der Waals surface area contributed by atoms with E-state index in [1.807, 2.05) is 6.92 Å². The summed E-state index contributed by atoms with van der Waals surface area (Å²) in [5.74, 6) is -1.39. The van der Waals surface area contributed by atoms with E-state index in [2.05, 4.69) is 10.5 Å². The molecule has 0 fully saturated rings. The molecule has 0 unspecified atom stereocenters. The van der Waals surface area contributed by atoms with Crippen LogP contribution >= 0.6 is 0 Å². The average Bonchev–Trinajstić information content (AvgIpc) is 2.56. The van der Waals surface area contributed by atoms with E-state index in [4.69, 9.17) is 4.74 Å². The van der Waals surface area contributed by atoms with Gasteiger partial charge in [-0.3, -0.25) is 4.79 Å². The molecule has 2 aromatic rings. The van der Waals surface area contributed by atoms with Crippen LogP contribution < -0.4 is 10.2 Å². The van der Waals surface area contributed by atoms with Gasteiger partial charge in [-0.1, -0.05) is 31.2 Å². The van der Waals surface area contributed by atoms with Crippen LogP contribution in [0.2, 0.25) is 0 Å². The smallest absolute Gasteiger partial charge is 0.277 e. The minimum atomic E-state index is -0.538. The maximum absolute atomic E-state index is 13.3. The number of nitrogens with one attached hydrogen (secondary N) is 1. The summed E-state index contributed by atoms with van der Waals surface area (Å²) in [7, 11) is 0. The van der Waals surface area contributed by atoms with Gasteiger partial charge in [-0.25, -0.2) is 14.2 Å². The lowest BCUT2D eigenvalue weighted by Gasteiger charge is -2.07. The van der Waals surface area contributed by atoms with E-state index in [-0.39, 0.29) is 18.2 Å². The Morgan fingerprint density at radius 1 is 1.13 bits per heavy atom. The van der Waals surface area contributed by atoms with Crippen molar-refractivity contribution in [3.05, 3.63) is 65.7 Å². The van der Waals surface area contributed by atoms with Gasteiger partial charge in [0.15, 0.2) is 18.2 Å². The number of carbonyl (C=O) groups is 1. The van der Waals surface area contributed by atoms with Crippen LogP contribution in [0.3, 0.4) is 0 Å². The molecule has 0 saturated carbocycles. The van der Waals surface area contributed by atoms with Gasteiger partial charge in [-0.15, -0.1) is 0 Å². The molecule has 0 heterocycles. The number of para-hydroxylation sites is 1. The molecule has 4 nitrogen and oxygen atoms in total. The molecule has 0 aliphatic carbocycles. The highest BCUT2D eigenvalue weighted by Crippen LogP contribution is 2.14. The molecule has 0 spiro atoms. The quantitative estimate of drug-likeness (QED) is 0.656. The van der Waals surface area contributed by atoms with Crippen LogP contribution in [0.25, 0.3) is 0 Å². The highest BCUT2D eigenvalue weighted by Gasteiger charge is 2.07. The number of rotatable bonds is 6. The molecule has 2 rings (SSSR count). The van der Waals surface area contributed by atoms with E-state index < -0.39 is 11.7 Å². The molecule has 1 amide bonds. The minimum absolute atomic E-state index is 0.000814. The number of benzene rings is 2. The molecule has 0 atom stereocenters. The van der Waals surface area contributed by atoms with E-state index in [1.165, 1.54) is 30.3 Å². The van der Waals surface area contributed by atoms with Gasteiger partial charge in [0.2, 0.25) is 0 Å². The average molecular weight is 318 g/mol. The topological polar surface area (TPSA) is 50.7 Å². The van der Waals surface area contributed by atoms with Gasteiger partial charge in [-0.05, 0) is 36.2 Å². The Kier molecular flexibility index (Phi) is 5.80. The van der Waals surface area contributed by atoms with Crippen molar-refractivity contribution in [2.45, 2.75) is 13.3 Å². The number of hydrazone groups is 1. The van der Waals surface area contributed by atoms with Gasteiger partial charge in [0.1, 0.15) is 5.82 Å². The van der Waals surface area contributed by atoms with Crippen molar-refractivity contribution in [1.82, 2.24) is 5.43 Å². The lowest BCUT2D eigenvalue weighted by atomic mass is 10.1. The van der Waals surface area contributed by atoms with Crippen molar-refractivity contribution in [2.24, 2.45) is 5.10 Å². The molecule has 0 bridgehead atoms. The first-order valence-corrected chi connectivity index (χ1v) is 7.09. The lowest BCUT2D eigenvalue weighted by molar-refractivity contribution is -0.123. The van der Waals surface area contributed by atoms with Crippen LogP contribution in [-0.2, 0) is 4.79 Å². The summed E-state index contributed by atoms with van der Waals surface area (Å²) in [5.41, 5.74) is 3.66. The number of hydrogen-bond acceptors (Lipinski definition) is 3. The third-order valence-electron chi connectivity index (χ3n) is 3.02. The molecule has 6 heteroatoms. The fraction of sp³-hybridized carbons (Fsp3) is 0.176. The Morgan fingerprint density at radius 3 is 2.48 bits per heavy atom. The second-order valence-corrected chi connectivity index (χ2v) is 4.67. The van der Waals surface area contributed by atoms with Crippen molar-refractivity contribution < 1.29 is 18.3 Å². The summed E-state index contributed by atoms with van der Waals surface area (Å²) in [6.45, 7) is 1.51. The number of nitrogens with zero attached hydrogens (tertiary/aromatic N) is 1. The van der Waals surface area contributed by atoms with Crippen molar-refractivity contribution >= 4 is 11.6 Å². The number of carbonyl (C=O) groups excluding carboxylic acids is 1. The van der Waals surface area contributed by atoms with Gasteiger partial charge >= 0.3 is 0 Å². The Bertz CT molecular complexity index is 700. The van der Waals surface area contributed by atoms with Crippen LogP contribution in [0.5, 0.6) is 5.75 Å². The summed E-state index contributed by atoms with van der Waals surface area (Å²) in [6.07, 6.45) is 0.556. The highest BCUT2D eigenvalue weighted by atomic mass is 19.1. The molecule has 2 aromatic carbocycles. The first kappa shape index (κ1) is 16.6. The lowest BCUT2D eigenvalue weighted by Crippen LogP contribution is -2.26. The fourth-order valence-corrected chi connectivity index (χ4v) is 1.86. The SMILES string of the molecule is CC/C(=N\NC(=O)COc1ccccc1F)c1ccc(F)cc1. The van der Waals surface area contributed by atoms with Crippen molar-refractivity contribution in [3.63, 3.8) is 0 Å². The largest absolute Gasteiger partial charge is 0.481 e. The Morgan fingerprint density at radius 2 is 1.83 bits per heavy atom. The number of ether oxygens (including phenoxy) is 1. The molecule has 1 N–H and O–H groups in total. The summed E-state index contributed by atoms with van der Waals surface area (Å²) < 4.78 is 31.3. The fourth-order valence-electron chi connectivity index (χ4n) is 1.86. The summed E-state index contributed by atoms with van der Waals surface area (Å²) in [4.78, 5) is 11.7. The molecule has 0 aliphatic rings. The number of amides is 1. The zero-order valence-electron chi connectivity index (χ0n) is 12.6. The van der Waals surface area contributed by atoms with Crippen molar-refractivity contribution in [2.75, 3.05) is 6.61 Å². The van der Waals surface area contributed by atoms with Crippen LogP contribution in [0.4, 0.5) is 8.78 Å². The zero-order valence-corrected chi connectivity index (χ0v) is 12.6. The van der Waals surface area contributed by atoms with Crippen LogP contribution in [0, 0.1) is 11.6 Å². The van der Waals surface area contributed by atoms with Crippen LogP contribution in [0.1, 0.15) is 18.9 Å². The standard InChI is InChI=1S/C17H16F2N2O2/c1-2-15(12-7-9-13(18)10-8-12)20-21-17(22)11-23-16-6-4-3-5-14(16)19/h3-10H,2,11H2,1H3,(H,21,22)/b20-15+. The minimum Gasteiger partial charge on any atom is -0.481 e. The molecular weight excluding hydrogens is 302 g/mol. The predicted molar refractivity (Wildman–Crippen MR) is 83.3 cm³/mol. The van der Waals surface area contributed by atoms with Crippen molar-refractivity contribution in [1.29, 1.82) is 0 Å². The monoisotopic (exact) mass is 318 g/mol. The van der Waals surface area contributed by atoms with E-state index in [9.17, 15) is 13.6 Å². The molecule has 0 aromatic heterocycles. The van der Waals surface area contributed by atoms with Gasteiger partial charge in [0.25, 0.3) is 5.91 Å². The Labute approximate surface area is 132 Å². The second kappa shape index (κ2) is 8.03. The maximum Gasteiger partial charge on any atom is 0.277 e. The van der Waals surface area contributed by atoms with E-state index in [1.54, 1.807) is 18.2 Å². The first-order chi connectivity index (χ1) is 11.1. The number of hydrogen-bond donors (Lipinski definition) is 1. The molecule has 0 radical (unpaired) electrons. The number of halogens is 2. The van der Waals surface area contributed by atoms with Gasteiger partial charge in [0, 0.05) is 0 Å². The second-order valence-electron chi connectivity index (χ2n) is 4.67. The molecule has 0 aliphatic heterocycles. The normalized spacial score (nSPS) is 11.2. The highest BCUT2D eigenvalue weighted by molar-refractivity contribution is 6.00. The van der Waals surface area contributed by atoms with Crippen LogP contribution in [0.15, 0.2) is 53.6 Å². The van der Waals surface area contributed by atoms with Gasteiger partial charge in [0.05, 0.1) is 5.71 Å². The zero-order chi connectivity index (χ0) is 16.7. The van der Waals surface area contributed by atoms with Gasteiger partial charge < -0.3 is 4.74 Å². The summed E-state index contributed by atoms with van der Waals surface area (Å²) >= 11 is 0. The third kappa shape index (κ3) is 4.88. The molecule has 23 heavy (non-hydrogen) atoms. The predicted octanol–water partition coefficient (Wildman–Crippen LogP) is 3.27. The maximum atomic E-state index is 13.3. The first-order valence-electron chi connectivity index (χ1n) is 7.09.